The van der Waals surface area contributed by atoms with Crippen molar-refractivity contribution < 1.29 is 9.53 Å². The second kappa shape index (κ2) is 5.61. The van der Waals surface area contributed by atoms with E-state index in [1.807, 2.05) is 73.2 Å². The Bertz CT molecular complexity index is 560. The highest BCUT2D eigenvalue weighted by Crippen LogP contribution is 2.23. The third-order valence-electron chi connectivity index (χ3n) is 2.86. The molecule has 19 heavy (non-hydrogen) atoms. The van der Waals surface area contributed by atoms with Gasteiger partial charge in [0, 0.05) is 32.2 Å². The quantitative estimate of drug-likeness (QED) is 0.791. The second-order valence-corrected chi connectivity index (χ2v) is 4.41. The zero-order valence-corrected chi connectivity index (χ0v) is 11.5. The third kappa shape index (κ3) is 2.78. The Kier molecular flexibility index (Phi) is 3.90. The topological polar surface area (TPSA) is 34.5 Å². The summed E-state index contributed by atoms with van der Waals surface area (Å²) in [7, 11) is 3.82. The van der Waals surface area contributed by atoms with Crippen molar-refractivity contribution in [3.8, 4) is 5.69 Å². The van der Waals surface area contributed by atoms with E-state index in [0.29, 0.717) is 12.2 Å². The number of hydrogen-bond donors (Lipinski definition) is 0. The maximum absolute atomic E-state index is 12.0. The number of carbonyl (C=O) groups is 1. The first-order valence-corrected chi connectivity index (χ1v) is 6.25. The molecule has 100 valence electrons. The molecule has 4 nitrogen and oxygen atoms in total. The maximum atomic E-state index is 12.0. The summed E-state index contributed by atoms with van der Waals surface area (Å²) in [6, 6.07) is 9.67. The van der Waals surface area contributed by atoms with E-state index in [1.54, 1.807) is 0 Å². The van der Waals surface area contributed by atoms with Crippen LogP contribution < -0.4 is 4.90 Å². The highest BCUT2D eigenvalue weighted by Gasteiger charge is 2.15. The van der Waals surface area contributed by atoms with Crippen molar-refractivity contribution in [2.24, 2.45) is 0 Å². The van der Waals surface area contributed by atoms with Crippen LogP contribution in [-0.4, -0.2) is 31.2 Å². The molecule has 0 saturated heterocycles. The van der Waals surface area contributed by atoms with Gasteiger partial charge in [0.15, 0.2) is 0 Å². The molecule has 2 rings (SSSR count). The summed E-state index contributed by atoms with van der Waals surface area (Å²) in [6.45, 7) is 2.18. The number of benzene rings is 1. The van der Waals surface area contributed by atoms with Crippen molar-refractivity contribution in [2.75, 3.05) is 25.6 Å². The lowest BCUT2D eigenvalue weighted by Gasteiger charge is -2.18. The number of nitrogens with zero attached hydrogens (tertiary/aromatic N) is 2. The van der Waals surface area contributed by atoms with Crippen LogP contribution >= 0.6 is 0 Å². The lowest BCUT2D eigenvalue weighted by molar-refractivity contribution is 0.0527. The summed E-state index contributed by atoms with van der Waals surface area (Å²) in [5, 5.41) is 0. The van der Waals surface area contributed by atoms with E-state index in [1.165, 1.54) is 0 Å². The maximum Gasteiger partial charge on any atom is 0.340 e. The molecular weight excluding hydrogens is 240 g/mol. The van der Waals surface area contributed by atoms with Crippen LogP contribution in [0.3, 0.4) is 0 Å². The molecule has 0 spiro atoms. The van der Waals surface area contributed by atoms with Crippen LogP contribution in [0, 0.1) is 0 Å². The van der Waals surface area contributed by atoms with Crippen LogP contribution in [0.2, 0.25) is 0 Å². The summed E-state index contributed by atoms with van der Waals surface area (Å²) in [5.74, 6) is -0.291. The van der Waals surface area contributed by atoms with Crippen LogP contribution in [0.25, 0.3) is 5.69 Å². The third-order valence-corrected chi connectivity index (χ3v) is 2.86. The SMILES string of the molecule is CCOC(=O)c1cc(-n2cccc2)ccc1N(C)C. The van der Waals surface area contributed by atoms with Gasteiger partial charge in [0.25, 0.3) is 0 Å². The molecule has 0 amide bonds. The fraction of sp³-hybridized carbons (Fsp3) is 0.267. The molecule has 1 aromatic heterocycles. The minimum atomic E-state index is -0.291. The molecule has 0 N–H and O–H groups in total. The Morgan fingerprint density at radius 2 is 1.95 bits per heavy atom. The number of ether oxygens (including phenoxy) is 1. The van der Waals surface area contributed by atoms with E-state index in [0.717, 1.165) is 11.4 Å². The van der Waals surface area contributed by atoms with E-state index in [2.05, 4.69) is 0 Å². The zero-order chi connectivity index (χ0) is 13.8. The molecule has 0 bridgehead atoms. The summed E-state index contributed by atoms with van der Waals surface area (Å²) < 4.78 is 7.08. The Morgan fingerprint density at radius 1 is 1.26 bits per heavy atom. The number of rotatable bonds is 4. The summed E-state index contributed by atoms with van der Waals surface area (Å²) >= 11 is 0. The van der Waals surface area contributed by atoms with Crippen molar-refractivity contribution in [3.05, 3.63) is 48.3 Å². The van der Waals surface area contributed by atoms with Crippen molar-refractivity contribution in [2.45, 2.75) is 6.92 Å². The molecule has 1 aromatic carbocycles. The van der Waals surface area contributed by atoms with Gasteiger partial charge in [0.1, 0.15) is 0 Å². The smallest absolute Gasteiger partial charge is 0.340 e. The van der Waals surface area contributed by atoms with E-state index in [4.69, 9.17) is 4.74 Å². The number of anilines is 1. The molecule has 0 saturated carbocycles. The lowest BCUT2D eigenvalue weighted by atomic mass is 10.1. The first-order valence-electron chi connectivity index (χ1n) is 6.25. The van der Waals surface area contributed by atoms with Gasteiger partial charge in [-0.3, -0.25) is 0 Å². The van der Waals surface area contributed by atoms with Gasteiger partial charge in [0.05, 0.1) is 17.9 Å². The normalized spacial score (nSPS) is 10.3. The number of esters is 1. The molecule has 0 atom stereocenters. The van der Waals surface area contributed by atoms with Gasteiger partial charge in [-0.1, -0.05) is 0 Å². The molecule has 0 aliphatic rings. The van der Waals surface area contributed by atoms with Gasteiger partial charge < -0.3 is 14.2 Å². The summed E-state index contributed by atoms with van der Waals surface area (Å²) in [5.41, 5.74) is 2.38. The molecule has 0 radical (unpaired) electrons. The average molecular weight is 258 g/mol. The zero-order valence-electron chi connectivity index (χ0n) is 11.5. The number of carbonyl (C=O) groups excluding carboxylic acids is 1. The minimum Gasteiger partial charge on any atom is -0.462 e. The largest absolute Gasteiger partial charge is 0.462 e. The highest BCUT2D eigenvalue weighted by atomic mass is 16.5. The van der Waals surface area contributed by atoms with Crippen LogP contribution in [0.1, 0.15) is 17.3 Å². The fourth-order valence-electron chi connectivity index (χ4n) is 1.95. The van der Waals surface area contributed by atoms with Gasteiger partial charge in [-0.15, -0.1) is 0 Å². The summed E-state index contributed by atoms with van der Waals surface area (Å²) in [6.07, 6.45) is 3.89. The Balaban J connectivity index is 2.47. The minimum absolute atomic E-state index is 0.291. The van der Waals surface area contributed by atoms with Crippen LogP contribution in [0.5, 0.6) is 0 Å². The van der Waals surface area contributed by atoms with Crippen molar-refractivity contribution in [1.82, 2.24) is 4.57 Å². The first kappa shape index (κ1) is 13.2. The molecule has 0 aliphatic carbocycles. The van der Waals surface area contributed by atoms with Gasteiger partial charge in [-0.25, -0.2) is 4.79 Å². The van der Waals surface area contributed by atoms with Crippen molar-refractivity contribution in [1.29, 1.82) is 0 Å². The van der Waals surface area contributed by atoms with Gasteiger partial charge >= 0.3 is 5.97 Å². The molecule has 0 unspecified atom stereocenters. The Hall–Kier alpha value is -2.23. The Labute approximate surface area is 113 Å². The number of hydrogen-bond acceptors (Lipinski definition) is 3. The van der Waals surface area contributed by atoms with E-state index in [-0.39, 0.29) is 5.97 Å². The van der Waals surface area contributed by atoms with Gasteiger partial charge in [-0.05, 0) is 37.3 Å². The van der Waals surface area contributed by atoms with Gasteiger partial charge in [0.2, 0.25) is 0 Å². The van der Waals surface area contributed by atoms with Crippen LogP contribution in [0.4, 0.5) is 5.69 Å². The predicted molar refractivity (Wildman–Crippen MR) is 76.1 cm³/mol. The van der Waals surface area contributed by atoms with Crippen LogP contribution in [-0.2, 0) is 4.74 Å². The molecular formula is C15H18N2O2. The summed E-state index contributed by atoms with van der Waals surface area (Å²) in [4.78, 5) is 13.9. The molecule has 0 aliphatic heterocycles. The van der Waals surface area contributed by atoms with Crippen molar-refractivity contribution in [3.63, 3.8) is 0 Å². The van der Waals surface area contributed by atoms with E-state index < -0.39 is 0 Å². The predicted octanol–water partition coefficient (Wildman–Crippen LogP) is 2.72. The van der Waals surface area contributed by atoms with Gasteiger partial charge in [-0.2, -0.15) is 0 Å². The standard InChI is InChI=1S/C15H18N2O2/c1-4-19-15(18)13-11-12(17-9-5-6-10-17)7-8-14(13)16(2)3/h5-11H,4H2,1-3H3. The van der Waals surface area contributed by atoms with Crippen LogP contribution in [0.15, 0.2) is 42.7 Å². The second-order valence-electron chi connectivity index (χ2n) is 4.41. The highest BCUT2D eigenvalue weighted by molar-refractivity contribution is 5.96. The lowest BCUT2D eigenvalue weighted by Crippen LogP contribution is -2.16. The molecule has 0 fully saturated rings. The van der Waals surface area contributed by atoms with Crippen molar-refractivity contribution >= 4 is 11.7 Å². The average Bonchev–Trinajstić information content (AvgIpc) is 2.92. The Morgan fingerprint density at radius 3 is 2.53 bits per heavy atom. The fourth-order valence-corrected chi connectivity index (χ4v) is 1.95. The van der Waals surface area contributed by atoms with E-state index in [9.17, 15) is 4.79 Å². The molecule has 4 heteroatoms. The molecule has 2 aromatic rings. The molecule has 1 heterocycles. The van der Waals surface area contributed by atoms with E-state index >= 15 is 0 Å². The first-order chi connectivity index (χ1) is 9.13. The monoisotopic (exact) mass is 258 g/mol. The number of aromatic nitrogens is 1.